The van der Waals surface area contributed by atoms with Crippen molar-refractivity contribution >= 4 is 0 Å². The van der Waals surface area contributed by atoms with Crippen LogP contribution in [0.4, 0.5) is 0 Å². The monoisotopic (exact) mass is 563 g/mol. The first-order chi connectivity index (χ1) is 19.1. The zero-order valence-corrected chi connectivity index (χ0v) is 20.6. The Bertz CT molecular complexity index is 1340. The molecule has 40 heavy (non-hydrogen) atoms. The molecule has 14 nitrogen and oxygen atoms in total. The maximum Gasteiger partial charge on any atom is 0.229 e. The Kier molecular flexibility index (Phi) is 7.96. The van der Waals surface area contributed by atoms with Gasteiger partial charge in [-0.3, -0.25) is 4.79 Å². The summed E-state index contributed by atoms with van der Waals surface area (Å²) < 4.78 is 28.4. The molecule has 0 saturated carbocycles. The average molecular weight is 563 g/mol. The summed E-state index contributed by atoms with van der Waals surface area (Å²) in [6.07, 6.45) is -14.4. The van der Waals surface area contributed by atoms with E-state index in [1.165, 1.54) is 30.3 Å². The molecule has 3 aliphatic heterocycles. The summed E-state index contributed by atoms with van der Waals surface area (Å²) in [5, 5.41) is 83.4. The van der Waals surface area contributed by atoms with Crippen LogP contribution in [0.1, 0.15) is 0 Å². The van der Waals surface area contributed by atoms with Crippen LogP contribution in [0.25, 0.3) is 22.6 Å². The van der Waals surface area contributed by atoms with Crippen molar-refractivity contribution in [2.45, 2.75) is 55.3 Å². The number of ether oxygens (including phenoxy) is 4. The summed E-state index contributed by atoms with van der Waals surface area (Å²) in [6.45, 7) is -1.15. The molecule has 1 aliphatic carbocycles. The number of aliphatic hydroxyl groups excluding tert-OH is 6. The molecule has 1 aromatic rings. The van der Waals surface area contributed by atoms with Crippen molar-refractivity contribution in [1.29, 1.82) is 0 Å². The maximum atomic E-state index is 12.6. The number of phenolic OH excluding ortho intramolecular Hbond substituents is 1. The lowest BCUT2D eigenvalue weighted by atomic mass is 9.98. The van der Waals surface area contributed by atoms with Crippen LogP contribution in [-0.2, 0) is 14.2 Å². The molecule has 0 bridgehead atoms. The molecule has 0 spiro atoms. The SMILES string of the molecule is O=c1cc2oc(-c3ccc(O)cc3)c(O[C@@H]3O[C@H](CO)[C@@H](O)[C@H](O)[C@H]3O[C@@H]3OC[C@@H](O)[C@H](O)[C@H]3O)cc-2c([O-])c1. The third-order valence-electron chi connectivity index (χ3n) is 6.73. The van der Waals surface area contributed by atoms with Crippen LogP contribution in [0.5, 0.6) is 17.2 Å². The largest absolute Gasteiger partial charge is 0.872 e. The molecular formula is C26H27O14-. The fraction of sp³-hybridized carbons (Fsp3) is 0.423. The summed E-state index contributed by atoms with van der Waals surface area (Å²) >= 11 is 0. The summed E-state index contributed by atoms with van der Waals surface area (Å²) in [6, 6.07) is 8.88. The van der Waals surface area contributed by atoms with Crippen LogP contribution in [0.15, 0.2) is 51.7 Å². The molecule has 0 unspecified atom stereocenters. The molecule has 2 fully saturated rings. The minimum absolute atomic E-state index is 0.0199. The first kappa shape index (κ1) is 28.2. The molecule has 0 aromatic heterocycles. The lowest BCUT2D eigenvalue weighted by Gasteiger charge is -2.44. The fourth-order valence-electron chi connectivity index (χ4n) is 4.54. The van der Waals surface area contributed by atoms with E-state index in [2.05, 4.69) is 0 Å². The van der Waals surface area contributed by atoms with E-state index < -0.39 is 79.7 Å². The van der Waals surface area contributed by atoms with Crippen molar-refractivity contribution in [3.8, 4) is 39.9 Å². The Labute approximate surface area is 225 Å². The van der Waals surface area contributed by atoms with Crippen LogP contribution in [0.2, 0.25) is 0 Å². The highest BCUT2D eigenvalue weighted by Gasteiger charge is 2.50. The second-order valence-corrected chi connectivity index (χ2v) is 9.50. The van der Waals surface area contributed by atoms with Gasteiger partial charge in [-0.2, -0.15) is 0 Å². The van der Waals surface area contributed by atoms with Crippen LogP contribution >= 0.6 is 0 Å². The van der Waals surface area contributed by atoms with Crippen molar-refractivity contribution in [2.75, 3.05) is 13.2 Å². The first-order valence-electron chi connectivity index (χ1n) is 12.3. The molecule has 9 atom stereocenters. The van der Waals surface area contributed by atoms with Crippen LogP contribution in [0.3, 0.4) is 0 Å². The van der Waals surface area contributed by atoms with Gasteiger partial charge in [0.05, 0.1) is 13.2 Å². The van der Waals surface area contributed by atoms with Gasteiger partial charge in [-0.05, 0) is 36.4 Å². The van der Waals surface area contributed by atoms with Gasteiger partial charge in [0.2, 0.25) is 6.29 Å². The van der Waals surface area contributed by atoms with Gasteiger partial charge in [-0.25, -0.2) is 0 Å². The fourth-order valence-corrected chi connectivity index (χ4v) is 4.54. The van der Waals surface area contributed by atoms with E-state index in [1.807, 2.05) is 0 Å². The zero-order valence-electron chi connectivity index (χ0n) is 20.6. The Morgan fingerprint density at radius 2 is 1.65 bits per heavy atom. The average Bonchev–Trinajstić information content (AvgIpc) is 2.93. The summed E-state index contributed by atoms with van der Waals surface area (Å²) in [5.74, 6) is -0.941. The van der Waals surface area contributed by atoms with E-state index in [0.717, 1.165) is 12.1 Å². The highest BCUT2D eigenvalue weighted by molar-refractivity contribution is 5.75. The van der Waals surface area contributed by atoms with Crippen LogP contribution in [-0.4, -0.2) is 104 Å². The highest BCUT2D eigenvalue weighted by Crippen LogP contribution is 2.41. The first-order valence-corrected chi connectivity index (χ1v) is 12.3. The Morgan fingerprint density at radius 1 is 0.925 bits per heavy atom. The minimum Gasteiger partial charge on any atom is -0.872 e. The van der Waals surface area contributed by atoms with Crippen molar-refractivity contribution in [2.24, 2.45) is 0 Å². The predicted octanol–water partition coefficient (Wildman–Crippen LogP) is -2.17. The molecule has 1 aromatic carbocycles. The predicted molar refractivity (Wildman–Crippen MR) is 129 cm³/mol. The van der Waals surface area contributed by atoms with Gasteiger partial charge >= 0.3 is 0 Å². The van der Waals surface area contributed by atoms with Crippen molar-refractivity contribution in [3.05, 3.63) is 52.7 Å². The van der Waals surface area contributed by atoms with Gasteiger partial charge < -0.3 is 64.2 Å². The minimum atomic E-state index is -1.77. The van der Waals surface area contributed by atoms with E-state index >= 15 is 0 Å². The summed E-state index contributed by atoms with van der Waals surface area (Å²) in [4.78, 5) is 11.9. The molecular weight excluding hydrogens is 536 g/mol. The quantitative estimate of drug-likeness (QED) is 0.169. The number of hydrogen-bond donors (Lipinski definition) is 7. The summed E-state index contributed by atoms with van der Waals surface area (Å²) in [7, 11) is 0. The number of aliphatic hydroxyl groups is 6. The standard InChI is InChI=1S/C26H28O14/c27-8-18-20(33)21(34)24(40-25-22(35)19(32)15(31)9-36-25)26(39-18)38-17-7-13-14(30)5-12(29)6-16(13)37-23(17)10-1-3-11(28)4-2-10/h1-7,15,18-22,24-28,30-35H,8-9H2/p-1/t15-,18-,19+,20-,21+,22-,24-,25+,26-/m1/s1. The zero-order chi connectivity index (χ0) is 28.7. The molecule has 3 heterocycles. The lowest BCUT2D eigenvalue weighted by Crippen LogP contribution is -2.63. The lowest BCUT2D eigenvalue weighted by molar-refractivity contribution is -0.345. The Morgan fingerprint density at radius 3 is 2.35 bits per heavy atom. The topological polar surface area (TPSA) is 232 Å². The van der Waals surface area contributed by atoms with Gasteiger partial charge in [0.1, 0.15) is 48.1 Å². The second-order valence-electron chi connectivity index (χ2n) is 9.50. The molecule has 14 heteroatoms. The van der Waals surface area contributed by atoms with Gasteiger partial charge in [-0.15, -0.1) is 0 Å². The molecule has 0 amide bonds. The number of rotatable bonds is 6. The van der Waals surface area contributed by atoms with Gasteiger partial charge in [0, 0.05) is 17.2 Å². The third-order valence-corrected chi connectivity index (χ3v) is 6.73. The van der Waals surface area contributed by atoms with E-state index in [9.17, 15) is 45.6 Å². The Hall–Kier alpha value is -3.31. The van der Waals surface area contributed by atoms with Crippen molar-refractivity contribution in [3.63, 3.8) is 0 Å². The smallest absolute Gasteiger partial charge is 0.229 e. The van der Waals surface area contributed by atoms with Gasteiger partial charge in [-0.1, -0.05) is 5.75 Å². The third kappa shape index (κ3) is 5.36. The number of benzene rings is 2. The van der Waals surface area contributed by atoms with E-state index in [0.29, 0.717) is 5.56 Å². The molecule has 7 N–H and O–H groups in total. The second kappa shape index (κ2) is 11.3. The van der Waals surface area contributed by atoms with E-state index in [1.54, 1.807) is 0 Å². The van der Waals surface area contributed by atoms with Crippen LogP contribution < -0.4 is 15.3 Å². The number of fused-ring (bicyclic) bond motifs is 1. The number of aromatic hydroxyl groups is 1. The number of hydrogen-bond acceptors (Lipinski definition) is 14. The normalized spacial score (nSPS) is 32.7. The van der Waals surface area contributed by atoms with Gasteiger partial charge in [0.25, 0.3) is 0 Å². The van der Waals surface area contributed by atoms with Crippen LogP contribution in [0, 0.1) is 0 Å². The van der Waals surface area contributed by atoms with E-state index in [-0.39, 0.29) is 28.6 Å². The van der Waals surface area contributed by atoms with Crippen molar-refractivity contribution in [1.82, 2.24) is 0 Å². The summed E-state index contributed by atoms with van der Waals surface area (Å²) in [5.41, 5.74) is -0.279. The highest BCUT2D eigenvalue weighted by atomic mass is 16.8. The van der Waals surface area contributed by atoms with E-state index in [4.69, 9.17) is 23.4 Å². The Balaban J connectivity index is 1.55. The maximum absolute atomic E-state index is 12.6. The van der Waals surface area contributed by atoms with Gasteiger partial charge in [0.15, 0.2) is 29.3 Å². The number of phenols is 1. The van der Waals surface area contributed by atoms with Crippen molar-refractivity contribution < 1.29 is 64.2 Å². The molecule has 5 rings (SSSR count). The molecule has 4 aliphatic rings. The molecule has 2 saturated heterocycles. The molecule has 216 valence electrons. The molecule has 0 radical (unpaired) electrons.